The third kappa shape index (κ3) is 10.7. The van der Waals surface area contributed by atoms with Gasteiger partial charge in [0.25, 0.3) is 5.91 Å². The Morgan fingerprint density at radius 2 is 1.45 bits per heavy atom. The number of nitrogens with zero attached hydrogens (tertiary/aromatic N) is 8. The average molecular weight is 762 g/mol. The number of ether oxygens (including phenoxy) is 1. The van der Waals surface area contributed by atoms with Crippen molar-refractivity contribution >= 4 is 40.6 Å². The van der Waals surface area contributed by atoms with Crippen LogP contribution in [0.1, 0.15) is 29.6 Å². The first-order valence-electron chi connectivity index (χ1n) is 19.2. The predicted molar refractivity (Wildman–Crippen MR) is 199 cm³/mol. The Balaban J connectivity index is 0.930. The number of rotatable bonds is 14. The number of likely N-dealkylation sites (tertiary alicyclic amines) is 3. The topological polar surface area (TPSA) is 203 Å². The molecule has 6 rings (SSSR count). The first kappa shape index (κ1) is 39.8. The summed E-state index contributed by atoms with van der Waals surface area (Å²) in [6.45, 7) is 7.84. The number of amides is 3. The van der Waals surface area contributed by atoms with E-state index in [9.17, 15) is 39.4 Å². The quantitative estimate of drug-likeness (QED) is 0.212. The van der Waals surface area contributed by atoms with E-state index < -0.39 is 23.9 Å². The van der Waals surface area contributed by atoms with Gasteiger partial charge >= 0.3 is 11.9 Å². The largest absolute Gasteiger partial charge is 0.494 e. The normalized spacial score (nSPS) is 22.8. The number of hydrogen-bond acceptors (Lipinski definition) is 12. The summed E-state index contributed by atoms with van der Waals surface area (Å²) in [6, 6.07) is 8.75. The lowest BCUT2D eigenvalue weighted by Crippen LogP contribution is -2.44. The maximum absolute atomic E-state index is 13.4. The molecular formula is C38H51N9O8. The van der Waals surface area contributed by atoms with E-state index in [1.54, 1.807) is 34.2 Å². The highest BCUT2D eigenvalue weighted by Gasteiger charge is 2.41. The van der Waals surface area contributed by atoms with Crippen LogP contribution < -0.4 is 10.1 Å². The van der Waals surface area contributed by atoms with Gasteiger partial charge in [-0.2, -0.15) is 5.26 Å². The van der Waals surface area contributed by atoms with Crippen LogP contribution in [0.5, 0.6) is 5.75 Å². The number of carboxylic acid groups (broad SMARTS) is 2. The van der Waals surface area contributed by atoms with E-state index in [4.69, 9.17) is 4.74 Å². The van der Waals surface area contributed by atoms with Crippen LogP contribution in [0, 0.1) is 23.2 Å². The fourth-order valence-corrected chi connectivity index (χ4v) is 8.25. The van der Waals surface area contributed by atoms with Crippen LogP contribution in [0.4, 0.5) is 0 Å². The highest BCUT2D eigenvalue weighted by molar-refractivity contribution is 6.07. The zero-order valence-electron chi connectivity index (χ0n) is 31.2. The fraction of sp³-hybridized carbons (Fsp3) is 0.605. The van der Waals surface area contributed by atoms with Crippen LogP contribution in [0.2, 0.25) is 0 Å². The van der Waals surface area contributed by atoms with Gasteiger partial charge in [0, 0.05) is 90.1 Å². The second kappa shape index (κ2) is 18.6. The van der Waals surface area contributed by atoms with Gasteiger partial charge in [0.15, 0.2) is 0 Å². The molecule has 3 amide bonds. The number of carbonyl (C=O) groups is 5. The Labute approximate surface area is 320 Å². The minimum absolute atomic E-state index is 0.0544. The van der Waals surface area contributed by atoms with Crippen molar-refractivity contribution in [3.8, 4) is 11.8 Å². The SMILES string of the molecule is N#C[C@@H]1CCCN1C(=O)CNC(=O)c1ccnc2ccc(OCCCN3CC4CN(C(=O)CN5CCN(CC(=O)O)CCN(CC(=O)O)CC5)CC4C3)cc12. The Kier molecular flexibility index (Phi) is 13.5. The smallest absolute Gasteiger partial charge is 0.317 e. The van der Waals surface area contributed by atoms with Gasteiger partial charge in [0.1, 0.15) is 11.8 Å². The lowest BCUT2D eigenvalue weighted by Gasteiger charge is -2.27. The fourth-order valence-electron chi connectivity index (χ4n) is 8.25. The van der Waals surface area contributed by atoms with Crippen molar-refractivity contribution in [2.75, 3.05) is 111 Å². The van der Waals surface area contributed by atoms with Crippen molar-refractivity contribution in [2.24, 2.45) is 11.8 Å². The zero-order valence-corrected chi connectivity index (χ0v) is 31.2. The van der Waals surface area contributed by atoms with Crippen LogP contribution in [0.3, 0.4) is 0 Å². The summed E-state index contributed by atoms with van der Waals surface area (Å²) < 4.78 is 6.09. The van der Waals surface area contributed by atoms with E-state index in [1.807, 2.05) is 15.9 Å². The standard InChI is InChI=1S/C38H51N9O8/c39-18-29-3-1-9-47(29)34(48)19-41-38(54)31-6-7-40-33-5-4-30(17-32(31)33)55-16-2-8-45-20-27-22-46(23-28(27)21-45)35(49)24-42-10-12-43(25-36(50)51)14-15-44(13-11-42)26-37(52)53/h4-7,17,27-29H,1-3,8-16,19-26H2,(H,41,54)(H,50,51)(H,52,53)/t27?,28?,29-/m0/s1. The summed E-state index contributed by atoms with van der Waals surface area (Å²) >= 11 is 0. The van der Waals surface area contributed by atoms with E-state index in [-0.39, 0.29) is 38.0 Å². The number of nitriles is 1. The van der Waals surface area contributed by atoms with Gasteiger partial charge in [0.2, 0.25) is 11.8 Å². The molecule has 0 bridgehead atoms. The molecule has 17 nitrogen and oxygen atoms in total. The number of aliphatic carboxylic acids is 2. The summed E-state index contributed by atoms with van der Waals surface area (Å²) in [5.74, 6) is -1.07. The molecule has 55 heavy (non-hydrogen) atoms. The number of carboxylic acids is 2. The lowest BCUT2D eigenvalue weighted by molar-refractivity contribution is -0.140. The van der Waals surface area contributed by atoms with Gasteiger partial charge in [-0.1, -0.05) is 0 Å². The van der Waals surface area contributed by atoms with Crippen LogP contribution in [0.25, 0.3) is 10.9 Å². The van der Waals surface area contributed by atoms with Crippen LogP contribution in [0.15, 0.2) is 30.5 Å². The van der Waals surface area contributed by atoms with Crippen molar-refractivity contribution in [1.82, 2.24) is 39.7 Å². The van der Waals surface area contributed by atoms with Crippen molar-refractivity contribution in [2.45, 2.75) is 25.3 Å². The summed E-state index contributed by atoms with van der Waals surface area (Å²) in [7, 11) is 0. The molecule has 1 aromatic carbocycles. The predicted octanol–water partition coefficient (Wildman–Crippen LogP) is -0.273. The Morgan fingerprint density at radius 3 is 2.07 bits per heavy atom. The van der Waals surface area contributed by atoms with Gasteiger partial charge < -0.3 is 35.0 Å². The Hall–Kier alpha value is -4.89. The second-order valence-corrected chi connectivity index (χ2v) is 15.0. The zero-order chi connectivity index (χ0) is 38.9. The molecule has 4 saturated heterocycles. The minimum Gasteiger partial charge on any atom is -0.494 e. The van der Waals surface area contributed by atoms with E-state index in [1.165, 1.54) is 4.90 Å². The Morgan fingerprint density at radius 1 is 0.818 bits per heavy atom. The highest BCUT2D eigenvalue weighted by Crippen LogP contribution is 2.31. The average Bonchev–Trinajstić information content (AvgIpc) is 3.91. The molecule has 4 aliphatic heterocycles. The van der Waals surface area contributed by atoms with Crippen LogP contribution in [-0.4, -0.2) is 192 Å². The number of hydrogen-bond donors (Lipinski definition) is 3. The minimum atomic E-state index is -0.932. The maximum atomic E-state index is 13.4. The molecule has 0 spiro atoms. The Bertz CT molecular complexity index is 1730. The van der Waals surface area contributed by atoms with Crippen molar-refractivity contribution in [3.05, 3.63) is 36.0 Å². The summed E-state index contributed by atoms with van der Waals surface area (Å²) in [6.07, 6.45) is 3.78. The second-order valence-electron chi connectivity index (χ2n) is 15.0. The first-order valence-corrected chi connectivity index (χ1v) is 19.2. The molecule has 4 fully saturated rings. The van der Waals surface area contributed by atoms with E-state index >= 15 is 0 Å². The molecule has 1 aromatic heterocycles. The van der Waals surface area contributed by atoms with Crippen molar-refractivity contribution in [1.29, 1.82) is 5.26 Å². The van der Waals surface area contributed by atoms with Crippen LogP contribution >= 0.6 is 0 Å². The molecule has 0 saturated carbocycles. The number of pyridine rings is 1. The number of nitrogens with one attached hydrogen (secondary N) is 1. The molecule has 296 valence electrons. The monoisotopic (exact) mass is 761 g/mol. The van der Waals surface area contributed by atoms with Crippen molar-refractivity contribution in [3.63, 3.8) is 0 Å². The molecule has 0 radical (unpaired) electrons. The molecule has 17 heteroatoms. The number of carbonyl (C=O) groups excluding carboxylic acids is 3. The maximum Gasteiger partial charge on any atom is 0.317 e. The molecular weight excluding hydrogens is 710 g/mol. The molecule has 2 unspecified atom stereocenters. The highest BCUT2D eigenvalue weighted by atomic mass is 16.5. The summed E-state index contributed by atoms with van der Waals surface area (Å²) in [4.78, 5) is 77.8. The van der Waals surface area contributed by atoms with Gasteiger partial charge in [-0.15, -0.1) is 0 Å². The third-order valence-corrected chi connectivity index (χ3v) is 11.2. The van der Waals surface area contributed by atoms with Crippen LogP contribution in [-0.2, 0) is 19.2 Å². The van der Waals surface area contributed by atoms with Gasteiger partial charge in [0.05, 0.1) is 49.9 Å². The first-order chi connectivity index (χ1) is 26.6. The molecule has 5 heterocycles. The van der Waals surface area contributed by atoms with E-state index in [0.29, 0.717) is 106 Å². The molecule has 0 aliphatic carbocycles. The van der Waals surface area contributed by atoms with E-state index in [2.05, 4.69) is 21.3 Å². The summed E-state index contributed by atoms with van der Waals surface area (Å²) in [5, 5.41) is 31.3. The molecule has 3 N–H and O–H groups in total. The van der Waals surface area contributed by atoms with E-state index in [0.717, 1.165) is 32.5 Å². The number of fused-ring (bicyclic) bond motifs is 2. The number of benzene rings is 1. The third-order valence-electron chi connectivity index (χ3n) is 11.2. The lowest BCUT2D eigenvalue weighted by atomic mass is 10.0. The van der Waals surface area contributed by atoms with Gasteiger partial charge in [-0.25, -0.2) is 0 Å². The van der Waals surface area contributed by atoms with Gasteiger partial charge in [-0.05, 0) is 55.4 Å². The van der Waals surface area contributed by atoms with Gasteiger partial charge in [-0.3, -0.25) is 43.7 Å². The summed E-state index contributed by atoms with van der Waals surface area (Å²) in [5.41, 5.74) is 1.02. The molecule has 4 aliphatic rings. The molecule has 3 atom stereocenters. The van der Waals surface area contributed by atoms with Crippen molar-refractivity contribution < 1.29 is 38.9 Å². The molecule has 2 aromatic rings. The number of aromatic nitrogens is 1.